The lowest BCUT2D eigenvalue weighted by Gasteiger charge is -2.29. The third kappa shape index (κ3) is 3.21. The highest BCUT2D eigenvalue weighted by molar-refractivity contribution is 5.93. The van der Waals surface area contributed by atoms with E-state index in [1.807, 2.05) is 0 Å². The fourth-order valence-corrected chi connectivity index (χ4v) is 2.61. The van der Waals surface area contributed by atoms with Gasteiger partial charge in [0.1, 0.15) is 5.82 Å². The van der Waals surface area contributed by atoms with Crippen molar-refractivity contribution < 1.29 is 14.7 Å². The Labute approximate surface area is 111 Å². The number of pyridine rings is 1. The molecule has 0 aliphatic heterocycles. The summed E-state index contributed by atoms with van der Waals surface area (Å²) in [5, 5.41) is 12.2. The Bertz CT molecular complexity index is 496. The summed E-state index contributed by atoms with van der Waals surface area (Å²) in [5.41, 5.74) is 5.11. The summed E-state index contributed by atoms with van der Waals surface area (Å²) in [7, 11) is 0. The molecule has 0 aromatic carbocycles. The molecule has 0 saturated heterocycles. The molecule has 6 heteroatoms. The first-order chi connectivity index (χ1) is 9.01. The van der Waals surface area contributed by atoms with Crippen LogP contribution in [0.25, 0.3) is 0 Å². The monoisotopic (exact) mass is 263 g/mol. The number of aliphatic carboxylic acids is 1. The molecule has 2 rings (SSSR count). The first-order valence-corrected chi connectivity index (χ1v) is 6.27. The lowest BCUT2D eigenvalue weighted by atomic mass is 9.93. The van der Waals surface area contributed by atoms with Crippen LogP contribution in [-0.2, 0) is 4.79 Å². The maximum Gasteiger partial charge on any atom is 0.305 e. The molecule has 0 spiro atoms. The number of nitrogens with two attached hydrogens (primary N) is 1. The van der Waals surface area contributed by atoms with Gasteiger partial charge in [0, 0.05) is 17.3 Å². The number of carboxylic acids is 1. The third-order valence-corrected chi connectivity index (χ3v) is 3.49. The predicted molar refractivity (Wildman–Crippen MR) is 69.8 cm³/mol. The van der Waals surface area contributed by atoms with Gasteiger partial charge in [0.25, 0.3) is 0 Å². The van der Waals surface area contributed by atoms with Crippen LogP contribution in [0.3, 0.4) is 0 Å². The summed E-state index contributed by atoms with van der Waals surface area (Å²) >= 11 is 0. The molecular formula is C13H17N3O3. The number of anilines is 1. The van der Waals surface area contributed by atoms with Gasteiger partial charge in [-0.2, -0.15) is 0 Å². The number of hydrogen-bond acceptors (Lipinski definition) is 4. The molecule has 1 aliphatic carbocycles. The van der Waals surface area contributed by atoms with Crippen molar-refractivity contribution in [3.63, 3.8) is 0 Å². The SMILES string of the molecule is NC(=O)c1ccnc(NC2(CC(=O)O)CCCC2)c1. The number of carbonyl (C=O) groups is 2. The Morgan fingerprint density at radius 3 is 2.68 bits per heavy atom. The second-order valence-corrected chi connectivity index (χ2v) is 4.98. The van der Waals surface area contributed by atoms with Gasteiger partial charge in [0.05, 0.1) is 6.42 Å². The lowest BCUT2D eigenvalue weighted by molar-refractivity contribution is -0.138. The van der Waals surface area contributed by atoms with Crippen molar-refractivity contribution in [2.45, 2.75) is 37.6 Å². The van der Waals surface area contributed by atoms with E-state index in [4.69, 9.17) is 10.8 Å². The predicted octanol–water partition coefficient (Wildman–Crippen LogP) is 1.38. The third-order valence-electron chi connectivity index (χ3n) is 3.49. The molecule has 1 heterocycles. The van der Waals surface area contributed by atoms with E-state index in [1.54, 1.807) is 6.07 Å². The number of hydrogen-bond donors (Lipinski definition) is 3. The number of nitrogens with one attached hydrogen (secondary N) is 1. The van der Waals surface area contributed by atoms with Gasteiger partial charge in [-0.25, -0.2) is 4.98 Å². The zero-order chi connectivity index (χ0) is 13.9. The molecule has 0 radical (unpaired) electrons. The second-order valence-electron chi connectivity index (χ2n) is 4.98. The van der Waals surface area contributed by atoms with E-state index in [-0.39, 0.29) is 6.42 Å². The van der Waals surface area contributed by atoms with Gasteiger partial charge in [-0.3, -0.25) is 9.59 Å². The van der Waals surface area contributed by atoms with Crippen molar-refractivity contribution >= 4 is 17.7 Å². The van der Waals surface area contributed by atoms with Gasteiger partial charge in [0.2, 0.25) is 5.91 Å². The van der Waals surface area contributed by atoms with Crippen LogP contribution >= 0.6 is 0 Å². The molecule has 0 atom stereocenters. The zero-order valence-electron chi connectivity index (χ0n) is 10.6. The average molecular weight is 263 g/mol. The maximum atomic E-state index is 11.1. The summed E-state index contributed by atoms with van der Waals surface area (Å²) in [5.74, 6) is -0.857. The number of primary amides is 1. The van der Waals surface area contributed by atoms with Crippen molar-refractivity contribution in [2.75, 3.05) is 5.32 Å². The minimum atomic E-state index is -0.833. The fraction of sp³-hybridized carbons (Fsp3) is 0.462. The molecule has 19 heavy (non-hydrogen) atoms. The van der Waals surface area contributed by atoms with Gasteiger partial charge in [0.15, 0.2) is 0 Å². The molecule has 4 N–H and O–H groups in total. The average Bonchev–Trinajstić information content (AvgIpc) is 2.76. The summed E-state index contributed by atoms with van der Waals surface area (Å²) in [6, 6.07) is 3.09. The van der Waals surface area contributed by atoms with Crippen LogP contribution in [0.4, 0.5) is 5.82 Å². The number of nitrogens with zero attached hydrogens (tertiary/aromatic N) is 1. The molecule has 0 bridgehead atoms. The Morgan fingerprint density at radius 2 is 2.11 bits per heavy atom. The lowest BCUT2D eigenvalue weighted by Crippen LogP contribution is -2.38. The van der Waals surface area contributed by atoms with E-state index in [2.05, 4.69) is 10.3 Å². The summed E-state index contributed by atoms with van der Waals surface area (Å²) in [6.07, 6.45) is 5.12. The van der Waals surface area contributed by atoms with Gasteiger partial charge in [-0.05, 0) is 25.0 Å². The molecule has 102 valence electrons. The molecule has 0 unspecified atom stereocenters. The fourth-order valence-electron chi connectivity index (χ4n) is 2.61. The Morgan fingerprint density at radius 1 is 1.42 bits per heavy atom. The quantitative estimate of drug-likeness (QED) is 0.744. The largest absolute Gasteiger partial charge is 0.481 e. The molecule has 1 saturated carbocycles. The van der Waals surface area contributed by atoms with E-state index in [9.17, 15) is 9.59 Å². The van der Waals surface area contributed by atoms with Crippen molar-refractivity contribution in [2.24, 2.45) is 5.73 Å². The highest BCUT2D eigenvalue weighted by Crippen LogP contribution is 2.35. The smallest absolute Gasteiger partial charge is 0.305 e. The topological polar surface area (TPSA) is 105 Å². The van der Waals surface area contributed by atoms with E-state index in [0.29, 0.717) is 11.4 Å². The molecular weight excluding hydrogens is 246 g/mol. The Balaban J connectivity index is 2.19. The van der Waals surface area contributed by atoms with Crippen LogP contribution in [0.2, 0.25) is 0 Å². The van der Waals surface area contributed by atoms with Crippen LogP contribution in [0, 0.1) is 0 Å². The molecule has 1 aliphatic rings. The van der Waals surface area contributed by atoms with Crippen LogP contribution in [-0.4, -0.2) is 27.5 Å². The number of carboxylic acid groups (broad SMARTS) is 1. The normalized spacial score (nSPS) is 17.1. The minimum absolute atomic E-state index is 0.0511. The highest BCUT2D eigenvalue weighted by Gasteiger charge is 2.36. The van der Waals surface area contributed by atoms with Gasteiger partial charge >= 0.3 is 5.97 Å². The number of carbonyl (C=O) groups excluding carboxylic acids is 1. The van der Waals surface area contributed by atoms with Gasteiger partial charge in [-0.1, -0.05) is 12.8 Å². The first kappa shape index (κ1) is 13.3. The summed E-state index contributed by atoms with van der Waals surface area (Å²) < 4.78 is 0. The van der Waals surface area contributed by atoms with E-state index in [1.165, 1.54) is 12.3 Å². The standard InChI is InChI=1S/C13H17N3O3/c14-12(19)9-3-6-15-10(7-9)16-13(8-11(17)18)4-1-2-5-13/h3,6-7H,1-2,4-5,8H2,(H2,14,19)(H,15,16)(H,17,18). The zero-order valence-corrected chi connectivity index (χ0v) is 10.6. The van der Waals surface area contributed by atoms with Crippen LogP contribution < -0.4 is 11.1 Å². The second kappa shape index (κ2) is 5.26. The van der Waals surface area contributed by atoms with Crippen LogP contribution in [0.5, 0.6) is 0 Å². The van der Waals surface area contributed by atoms with Crippen molar-refractivity contribution in [3.8, 4) is 0 Å². The summed E-state index contributed by atoms with van der Waals surface area (Å²) in [6.45, 7) is 0. The van der Waals surface area contributed by atoms with E-state index in [0.717, 1.165) is 25.7 Å². The van der Waals surface area contributed by atoms with Crippen LogP contribution in [0.15, 0.2) is 18.3 Å². The summed E-state index contributed by atoms with van der Waals surface area (Å²) in [4.78, 5) is 26.2. The Hall–Kier alpha value is -2.11. The highest BCUT2D eigenvalue weighted by atomic mass is 16.4. The molecule has 1 aromatic heterocycles. The van der Waals surface area contributed by atoms with Gasteiger partial charge < -0.3 is 16.2 Å². The first-order valence-electron chi connectivity index (χ1n) is 6.27. The van der Waals surface area contributed by atoms with Crippen molar-refractivity contribution in [3.05, 3.63) is 23.9 Å². The maximum absolute atomic E-state index is 11.1. The number of aromatic nitrogens is 1. The van der Waals surface area contributed by atoms with Crippen LogP contribution in [0.1, 0.15) is 42.5 Å². The Kier molecular flexibility index (Phi) is 3.69. The molecule has 1 amide bonds. The van der Waals surface area contributed by atoms with Crippen molar-refractivity contribution in [1.82, 2.24) is 4.98 Å². The van der Waals surface area contributed by atoms with E-state index >= 15 is 0 Å². The van der Waals surface area contributed by atoms with E-state index < -0.39 is 17.4 Å². The number of rotatable bonds is 5. The molecule has 6 nitrogen and oxygen atoms in total. The van der Waals surface area contributed by atoms with Gasteiger partial charge in [-0.15, -0.1) is 0 Å². The minimum Gasteiger partial charge on any atom is -0.481 e. The molecule has 1 fully saturated rings. The number of amides is 1. The molecule has 1 aromatic rings. The van der Waals surface area contributed by atoms with Crippen molar-refractivity contribution in [1.29, 1.82) is 0 Å².